The first-order chi connectivity index (χ1) is 13.8. The molecule has 0 saturated heterocycles. The zero-order valence-corrected chi connectivity index (χ0v) is 17.0. The predicted octanol–water partition coefficient (Wildman–Crippen LogP) is 3.26. The number of hydrogen-bond acceptors (Lipinski definition) is 3. The monoisotopic (exact) mass is 393 g/mol. The molecule has 1 aliphatic carbocycles. The minimum atomic E-state index is -0.268. The average Bonchev–Trinajstić information content (AvgIpc) is 3.51. The molecule has 0 heterocycles. The summed E-state index contributed by atoms with van der Waals surface area (Å²) in [4.78, 5) is 36.3. The summed E-state index contributed by atoms with van der Waals surface area (Å²) < 4.78 is 0. The summed E-state index contributed by atoms with van der Waals surface area (Å²) in [6, 6.07) is 12.8. The van der Waals surface area contributed by atoms with E-state index in [2.05, 4.69) is 16.0 Å². The van der Waals surface area contributed by atoms with Crippen LogP contribution in [0, 0.1) is 19.8 Å². The number of carbonyl (C=O) groups excluding carboxylic acids is 3. The van der Waals surface area contributed by atoms with Gasteiger partial charge in [-0.15, -0.1) is 0 Å². The van der Waals surface area contributed by atoms with Gasteiger partial charge in [-0.05, 0) is 63.4 Å². The lowest BCUT2D eigenvalue weighted by Crippen LogP contribution is -2.38. The molecule has 0 aliphatic heterocycles. The lowest BCUT2D eigenvalue weighted by Gasteiger charge is -2.15. The molecule has 29 heavy (non-hydrogen) atoms. The third-order valence-electron chi connectivity index (χ3n) is 4.90. The lowest BCUT2D eigenvalue weighted by atomic mass is 10.1. The van der Waals surface area contributed by atoms with E-state index in [1.807, 2.05) is 51.1 Å². The van der Waals surface area contributed by atoms with Crippen LogP contribution in [0.4, 0.5) is 5.69 Å². The maximum absolute atomic E-state index is 12.3. The van der Waals surface area contributed by atoms with Crippen LogP contribution in [0.5, 0.6) is 0 Å². The Morgan fingerprint density at radius 2 is 1.62 bits per heavy atom. The Balaban J connectivity index is 1.48. The van der Waals surface area contributed by atoms with E-state index in [-0.39, 0.29) is 36.2 Å². The van der Waals surface area contributed by atoms with Crippen molar-refractivity contribution in [3.8, 4) is 0 Å². The van der Waals surface area contributed by atoms with Gasteiger partial charge in [-0.25, -0.2) is 0 Å². The van der Waals surface area contributed by atoms with Gasteiger partial charge in [0.1, 0.15) is 0 Å². The Kier molecular flexibility index (Phi) is 6.32. The van der Waals surface area contributed by atoms with Gasteiger partial charge in [0.25, 0.3) is 5.91 Å². The number of nitrogens with one attached hydrogen (secondary N) is 3. The summed E-state index contributed by atoms with van der Waals surface area (Å²) in [6.45, 7) is 5.65. The van der Waals surface area contributed by atoms with Crippen molar-refractivity contribution in [1.29, 1.82) is 0 Å². The molecule has 1 saturated carbocycles. The fourth-order valence-corrected chi connectivity index (χ4v) is 3.19. The van der Waals surface area contributed by atoms with Gasteiger partial charge < -0.3 is 16.0 Å². The maximum Gasteiger partial charge on any atom is 0.251 e. The predicted molar refractivity (Wildman–Crippen MR) is 113 cm³/mol. The number of amides is 3. The maximum atomic E-state index is 12.3. The zero-order chi connectivity index (χ0) is 21.0. The van der Waals surface area contributed by atoms with E-state index >= 15 is 0 Å². The molecule has 152 valence electrons. The molecular weight excluding hydrogens is 366 g/mol. The van der Waals surface area contributed by atoms with Crippen LogP contribution in [0.1, 0.15) is 52.9 Å². The molecule has 0 spiro atoms. The summed E-state index contributed by atoms with van der Waals surface area (Å²) in [5.74, 6) is -0.304. The van der Waals surface area contributed by atoms with Gasteiger partial charge in [-0.1, -0.05) is 29.3 Å². The molecule has 6 nitrogen and oxygen atoms in total. The van der Waals surface area contributed by atoms with Crippen molar-refractivity contribution in [1.82, 2.24) is 10.6 Å². The van der Waals surface area contributed by atoms with Crippen LogP contribution in [-0.2, 0) is 9.59 Å². The van der Waals surface area contributed by atoms with Crippen LogP contribution in [0.25, 0.3) is 0 Å². The fraction of sp³-hybridized carbons (Fsp3) is 0.348. The van der Waals surface area contributed by atoms with Crippen LogP contribution in [-0.4, -0.2) is 24.3 Å². The third kappa shape index (κ3) is 5.91. The van der Waals surface area contributed by atoms with E-state index in [0.29, 0.717) is 5.56 Å². The average molecular weight is 393 g/mol. The normalized spacial score (nSPS) is 14.0. The number of rotatable bonds is 7. The summed E-state index contributed by atoms with van der Waals surface area (Å²) in [7, 11) is 0. The van der Waals surface area contributed by atoms with Gasteiger partial charge >= 0.3 is 0 Å². The number of benzene rings is 2. The molecule has 3 rings (SSSR count). The Morgan fingerprint density at radius 1 is 1.00 bits per heavy atom. The standard InChI is InChI=1S/C23H27N3O3/c1-14-10-15(2)12-19(11-14)22(28)24-13-21(27)25-16(3)17-6-8-20(9-7-17)26-23(29)18-4-5-18/h6-12,16,18H,4-5,13H2,1-3H3,(H,24,28)(H,25,27)(H,26,29). The first kappa shape index (κ1) is 20.6. The Labute approximate surface area is 171 Å². The van der Waals surface area contributed by atoms with E-state index in [4.69, 9.17) is 0 Å². The number of carbonyl (C=O) groups is 3. The topological polar surface area (TPSA) is 87.3 Å². The van der Waals surface area contributed by atoms with E-state index in [9.17, 15) is 14.4 Å². The first-order valence-electron chi connectivity index (χ1n) is 9.88. The van der Waals surface area contributed by atoms with Crippen LogP contribution >= 0.6 is 0 Å². The second-order valence-corrected chi connectivity index (χ2v) is 7.73. The van der Waals surface area contributed by atoms with Crippen molar-refractivity contribution in [2.45, 2.75) is 39.7 Å². The summed E-state index contributed by atoms with van der Waals surface area (Å²) in [5.41, 5.74) is 4.23. The summed E-state index contributed by atoms with van der Waals surface area (Å²) >= 11 is 0. The Bertz CT molecular complexity index is 897. The lowest BCUT2D eigenvalue weighted by molar-refractivity contribution is -0.120. The molecule has 1 atom stereocenters. The molecule has 1 fully saturated rings. The van der Waals surface area contributed by atoms with Crippen molar-refractivity contribution < 1.29 is 14.4 Å². The molecule has 1 unspecified atom stereocenters. The zero-order valence-electron chi connectivity index (χ0n) is 17.0. The van der Waals surface area contributed by atoms with Gasteiger partial charge in [0.05, 0.1) is 12.6 Å². The largest absolute Gasteiger partial charge is 0.348 e. The van der Waals surface area contributed by atoms with Gasteiger partial charge in [0.2, 0.25) is 11.8 Å². The van der Waals surface area contributed by atoms with E-state index < -0.39 is 0 Å². The second kappa shape index (κ2) is 8.90. The number of hydrogen-bond donors (Lipinski definition) is 3. The van der Waals surface area contributed by atoms with Crippen LogP contribution in [0.2, 0.25) is 0 Å². The Hall–Kier alpha value is -3.15. The van der Waals surface area contributed by atoms with Crippen LogP contribution in [0.3, 0.4) is 0 Å². The summed E-state index contributed by atoms with van der Waals surface area (Å²) in [6.07, 6.45) is 1.93. The summed E-state index contributed by atoms with van der Waals surface area (Å²) in [5, 5.41) is 8.43. The van der Waals surface area contributed by atoms with Crippen molar-refractivity contribution in [3.05, 3.63) is 64.7 Å². The molecule has 0 radical (unpaired) electrons. The van der Waals surface area contributed by atoms with Crippen LogP contribution < -0.4 is 16.0 Å². The van der Waals surface area contributed by atoms with E-state index in [1.54, 1.807) is 12.1 Å². The smallest absolute Gasteiger partial charge is 0.251 e. The quantitative estimate of drug-likeness (QED) is 0.675. The van der Waals surface area contributed by atoms with E-state index in [1.165, 1.54) is 0 Å². The van der Waals surface area contributed by atoms with Gasteiger partial charge in [-0.2, -0.15) is 0 Å². The fourth-order valence-electron chi connectivity index (χ4n) is 3.19. The molecule has 2 aromatic carbocycles. The van der Waals surface area contributed by atoms with Gasteiger partial charge in [0.15, 0.2) is 0 Å². The minimum absolute atomic E-state index is 0.0682. The highest BCUT2D eigenvalue weighted by Crippen LogP contribution is 2.30. The number of aryl methyl sites for hydroxylation is 2. The van der Waals surface area contributed by atoms with E-state index in [0.717, 1.165) is 35.2 Å². The van der Waals surface area contributed by atoms with Gasteiger partial charge in [0, 0.05) is 17.2 Å². The SMILES string of the molecule is Cc1cc(C)cc(C(=O)NCC(=O)NC(C)c2ccc(NC(=O)C3CC3)cc2)c1. The van der Waals surface area contributed by atoms with Crippen LogP contribution in [0.15, 0.2) is 42.5 Å². The van der Waals surface area contributed by atoms with Crippen molar-refractivity contribution in [2.75, 3.05) is 11.9 Å². The van der Waals surface area contributed by atoms with Crippen molar-refractivity contribution in [2.24, 2.45) is 5.92 Å². The highest BCUT2D eigenvalue weighted by Gasteiger charge is 2.29. The first-order valence-corrected chi connectivity index (χ1v) is 9.88. The van der Waals surface area contributed by atoms with Gasteiger partial charge in [-0.3, -0.25) is 14.4 Å². The molecule has 0 bridgehead atoms. The molecule has 3 amide bonds. The second-order valence-electron chi connectivity index (χ2n) is 7.73. The Morgan fingerprint density at radius 3 is 2.21 bits per heavy atom. The van der Waals surface area contributed by atoms with Crippen molar-refractivity contribution in [3.63, 3.8) is 0 Å². The third-order valence-corrected chi connectivity index (χ3v) is 4.90. The molecule has 3 N–H and O–H groups in total. The molecule has 6 heteroatoms. The molecule has 0 aromatic heterocycles. The highest BCUT2D eigenvalue weighted by atomic mass is 16.2. The minimum Gasteiger partial charge on any atom is -0.348 e. The molecular formula is C23H27N3O3. The number of anilines is 1. The van der Waals surface area contributed by atoms with Crippen molar-refractivity contribution >= 4 is 23.4 Å². The molecule has 2 aromatic rings. The molecule has 1 aliphatic rings. The highest BCUT2D eigenvalue weighted by molar-refractivity contribution is 5.97.